The van der Waals surface area contributed by atoms with Crippen molar-refractivity contribution in [3.05, 3.63) is 0 Å². The largest absolute Gasteiger partial charge is 0.392 e. The molecule has 1 fully saturated rings. The number of unbranched alkanes of at least 4 members (excludes halogenated alkanes) is 30. The second-order valence-electron chi connectivity index (χ2n) is 22.6. The first-order chi connectivity index (χ1) is 34.6. The van der Waals surface area contributed by atoms with Crippen LogP contribution >= 0.6 is 0 Å². The smallest absolute Gasteiger partial charge is 0.237 e. The molecular formula is C61H122N4O6. The third kappa shape index (κ3) is 41.8. The average molecular weight is 1010 g/mol. The highest BCUT2D eigenvalue weighted by Gasteiger charge is 2.30. The van der Waals surface area contributed by atoms with E-state index in [0.717, 1.165) is 116 Å². The quantitative estimate of drug-likeness (QED) is 0.0328. The van der Waals surface area contributed by atoms with Crippen LogP contribution in [0.1, 0.15) is 297 Å². The van der Waals surface area contributed by atoms with Crippen LogP contribution < -0.4 is 10.6 Å². The lowest BCUT2D eigenvalue weighted by Gasteiger charge is -2.28. The molecule has 0 radical (unpaired) electrons. The Morgan fingerprint density at radius 2 is 0.648 bits per heavy atom. The van der Waals surface area contributed by atoms with Crippen LogP contribution in [0.25, 0.3) is 0 Å². The van der Waals surface area contributed by atoms with E-state index in [1.54, 1.807) is 0 Å². The summed E-state index contributed by atoms with van der Waals surface area (Å²) in [6, 6.07) is -0.924. The summed E-state index contributed by atoms with van der Waals surface area (Å²) in [5.74, 6) is -0.0736. The maximum Gasteiger partial charge on any atom is 0.237 e. The van der Waals surface area contributed by atoms with Gasteiger partial charge in [-0.1, -0.05) is 240 Å². The molecule has 1 aliphatic heterocycles. The SMILES string of the molecule is CCCCCCCCCCC(O)CN(CCCCC1NC(=O)C(CCCCN(CC(O)CCCCCCCCCC)CC(O)CCCCCCCCCC)NCC1=O)CC(O)CCCCCCCCCC. The number of hydrogen-bond donors (Lipinski definition) is 6. The maximum absolute atomic E-state index is 13.5. The molecule has 1 saturated heterocycles. The zero-order valence-corrected chi connectivity index (χ0v) is 47.6. The topological polar surface area (TPSA) is 146 Å². The second-order valence-corrected chi connectivity index (χ2v) is 22.6. The van der Waals surface area contributed by atoms with Gasteiger partial charge in [0.2, 0.25) is 5.91 Å². The highest BCUT2D eigenvalue weighted by atomic mass is 16.3. The number of hydrogen-bond acceptors (Lipinski definition) is 9. The van der Waals surface area contributed by atoms with Crippen LogP contribution in [0.15, 0.2) is 0 Å². The predicted octanol–water partition coefficient (Wildman–Crippen LogP) is 13.5. The minimum atomic E-state index is -0.505. The minimum absolute atomic E-state index is 0.0291. The molecule has 6 N–H and O–H groups in total. The molecule has 1 rings (SSSR count). The first kappa shape index (κ1) is 67.9. The Morgan fingerprint density at radius 3 is 0.944 bits per heavy atom. The average Bonchev–Trinajstić information content (AvgIpc) is 3.48. The Balaban J connectivity index is 2.65. The molecule has 0 aromatic carbocycles. The summed E-state index contributed by atoms with van der Waals surface area (Å²) in [6.07, 6.45) is 45.9. The number of carbonyl (C=O) groups is 2. The molecule has 0 aromatic rings. The standard InChI is InChI=1S/C61H122N4O6/c1-5-9-13-17-21-25-29-33-41-54(66)50-64(51-55(67)42-34-30-26-22-18-14-10-6-2)47-39-37-45-58-60(70)49-62-59(61(71)63-58)46-38-40-48-65(52-56(68)43-35-31-27-23-19-15-11-7-3)53-57(69)44-36-32-28-24-20-16-12-8-4/h54-59,62,66-69H,5-53H2,1-4H3,(H,63,71). The van der Waals surface area contributed by atoms with Crippen LogP contribution in [0.3, 0.4) is 0 Å². The van der Waals surface area contributed by atoms with E-state index >= 15 is 0 Å². The number of rotatable bonds is 54. The molecule has 422 valence electrons. The number of carbonyl (C=O) groups excluding carboxylic acids is 2. The normalized spacial score (nSPS) is 17.3. The summed E-state index contributed by atoms with van der Waals surface area (Å²) in [5, 5.41) is 50.7. The first-order valence-electron chi connectivity index (χ1n) is 31.4. The van der Waals surface area contributed by atoms with Crippen LogP contribution in [0, 0.1) is 0 Å². The third-order valence-electron chi connectivity index (χ3n) is 15.4. The second kappa shape index (κ2) is 49.7. The predicted molar refractivity (Wildman–Crippen MR) is 302 cm³/mol. The van der Waals surface area contributed by atoms with Crippen molar-refractivity contribution < 1.29 is 30.0 Å². The van der Waals surface area contributed by atoms with Crippen LogP contribution in [0.5, 0.6) is 0 Å². The highest BCUT2D eigenvalue weighted by Crippen LogP contribution is 2.18. The van der Waals surface area contributed by atoms with Crippen molar-refractivity contribution in [3.8, 4) is 0 Å². The molecule has 0 aliphatic carbocycles. The van der Waals surface area contributed by atoms with Crippen molar-refractivity contribution in [1.82, 2.24) is 20.4 Å². The zero-order chi connectivity index (χ0) is 51.8. The molecule has 1 amide bonds. The Morgan fingerprint density at radius 1 is 0.380 bits per heavy atom. The van der Waals surface area contributed by atoms with Crippen LogP contribution in [-0.2, 0) is 9.59 Å². The fourth-order valence-electron chi connectivity index (χ4n) is 10.8. The fourth-order valence-corrected chi connectivity index (χ4v) is 10.8. The van der Waals surface area contributed by atoms with Gasteiger partial charge in [-0.2, -0.15) is 0 Å². The van der Waals surface area contributed by atoms with E-state index < -0.39 is 36.5 Å². The molecule has 6 unspecified atom stereocenters. The summed E-state index contributed by atoms with van der Waals surface area (Å²) < 4.78 is 0. The van der Waals surface area contributed by atoms with E-state index in [4.69, 9.17) is 0 Å². The third-order valence-corrected chi connectivity index (χ3v) is 15.4. The lowest BCUT2D eigenvalue weighted by atomic mass is 10.0. The molecule has 0 spiro atoms. The van der Waals surface area contributed by atoms with Gasteiger partial charge in [0.15, 0.2) is 5.78 Å². The monoisotopic (exact) mass is 1010 g/mol. The van der Waals surface area contributed by atoms with Crippen molar-refractivity contribution >= 4 is 11.7 Å². The molecule has 1 heterocycles. The van der Waals surface area contributed by atoms with Crippen molar-refractivity contribution in [2.75, 3.05) is 45.8 Å². The molecular weight excluding hydrogens is 885 g/mol. The Bertz CT molecular complexity index is 1110. The number of aliphatic hydroxyl groups excluding tert-OH is 4. The number of amides is 1. The maximum atomic E-state index is 13.5. The number of nitrogens with zero attached hydrogens (tertiary/aromatic N) is 2. The Kier molecular flexibility index (Phi) is 47.5. The van der Waals surface area contributed by atoms with Crippen molar-refractivity contribution in [2.24, 2.45) is 0 Å². The highest BCUT2D eigenvalue weighted by molar-refractivity contribution is 5.94. The van der Waals surface area contributed by atoms with Gasteiger partial charge in [-0.15, -0.1) is 0 Å². The Labute approximate surface area is 440 Å². The number of ketones is 1. The van der Waals surface area contributed by atoms with Gasteiger partial charge in [0.05, 0.1) is 43.0 Å². The van der Waals surface area contributed by atoms with E-state index in [0.29, 0.717) is 39.0 Å². The van der Waals surface area contributed by atoms with E-state index in [9.17, 15) is 30.0 Å². The van der Waals surface area contributed by atoms with Gasteiger partial charge in [0, 0.05) is 26.2 Å². The van der Waals surface area contributed by atoms with E-state index in [1.165, 1.54) is 154 Å². The fraction of sp³-hybridized carbons (Fsp3) is 0.967. The molecule has 0 saturated carbocycles. The summed E-state index contributed by atoms with van der Waals surface area (Å²) in [7, 11) is 0. The van der Waals surface area contributed by atoms with Gasteiger partial charge < -0.3 is 25.7 Å². The molecule has 10 nitrogen and oxygen atoms in total. The van der Waals surface area contributed by atoms with Crippen molar-refractivity contribution in [1.29, 1.82) is 0 Å². The summed E-state index contributed by atoms with van der Waals surface area (Å²) in [4.78, 5) is 31.3. The van der Waals surface area contributed by atoms with Gasteiger partial charge in [0.25, 0.3) is 0 Å². The zero-order valence-electron chi connectivity index (χ0n) is 47.6. The van der Waals surface area contributed by atoms with Crippen molar-refractivity contribution in [3.63, 3.8) is 0 Å². The molecule has 1 aliphatic rings. The molecule has 10 heteroatoms. The molecule has 6 atom stereocenters. The lowest BCUT2D eigenvalue weighted by molar-refractivity contribution is -0.126. The van der Waals surface area contributed by atoms with Gasteiger partial charge in [-0.05, 0) is 70.9 Å². The number of nitrogens with one attached hydrogen (secondary N) is 2. The van der Waals surface area contributed by atoms with Crippen LogP contribution in [0.2, 0.25) is 0 Å². The van der Waals surface area contributed by atoms with Crippen LogP contribution in [0.4, 0.5) is 0 Å². The summed E-state index contributed by atoms with van der Waals surface area (Å²) in [6.45, 7) is 13.0. The minimum Gasteiger partial charge on any atom is -0.392 e. The first-order valence-corrected chi connectivity index (χ1v) is 31.4. The van der Waals surface area contributed by atoms with Gasteiger partial charge >= 0.3 is 0 Å². The summed E-state index contributed by atoms with van der Waals surface area (Å²) >= 11 is 0. The van der Waals surface area contributed by atoms with E-state index in [1.807, 2.05) is 0 Å². The van der Waals surface area contributed by atoms with E-state index in [2.05, 4.69) is 48.1 Å². The van der Waals surface area contributed by atoms with Crippen LogP contribution in [-0.4, -0.2) is 124 Å². The number of Topliss-reactive ketones (excluding diaryl/α,β-unsaturated/α-hetero) is 1. The molecule has 0 bridgehead atoms. The van der Waals surface area contributed by atoms with E-state index in [-0.39, 0.29) is 18.2 Å². The van der Waals surface area contributed by atoms with Gasteiger partial charge in [-0.25, -0.2) is 0 Å². The summed E-state index contributed by atoms with van der Waals surface area (Å²) in [5.41, 5.74) is 0. The van der Waals surface area contributed by atoms with Crippen molar-refractivity contribution in [2.45, 2.75) is 334 Å². The lowest BCUT2D eigenvalue weighted by Crippen LogP contribution is -2.44. The Hall–Kier alpha value is -1.14. The number of aliphatic hydroxyl groups is 4. The van der Waals surface area contributed by atoms with Gasteiger partial charge in [-0.3, -0.25) is 24.7 Å². The molecule has 71 heavy (non-hydrogen) atoms. The van der Waals surface area contributed by atoms with Gasteiger partial charge in [0.1, 0.15) is 0 Å². The molecule has 0 aromatic heterocycles.